The molecule has 2 aromatic rings. The lowest BCUT2D eigenvalue weighted by Gasteiger charge is -2.19. The first-order valence-electron chi connectivity index (χ1n) is 6.45. The van der Waals surface area contributed by atoms with Gasteiger partial charge in [-0.1, -0.05) is 32.9 Å². The molecule has 0 aliphatic heterocycles. The third-order valence-corrected chi connectivity index (χ3v) is 3.09. The van der Waals surface area contributed by atoms with Gasteiger partial charge >= 0.3 is 0 Å². The minimum atomic E-state index is -0.262. The van der Waals surface area contributed by atoms with Crippen molar-refractivity contribution in [1.82, 2.24) is 4.98 Å². The molecule has 0 spiro atoms. The van der Waals surface area contributed by atoms with Crippen LogP contribution in [-0.4, -0.2) is 17.2 Å². The van der Waals surface area contributed by atoms with Crippen molar-refractivity contribution in [2.45, 2.75) is 26.2 Å². The Bertz CT molecular complexity index is 619. The highest BCUT2D eigenvalue weighted by atomic mass is 16.2. The monoisotopic (exact) mass is 270 g/mol. The van der Waals surface area contributed by atoms with E-state index in [0.29, 0.717) is 17.5 Å². The fraction of sp³-hybridized carbons (Fsp3) is 0.250. The number of anilines is 1. The Morgan fingerprint density at radius 2 is 1.85 bits per heavy atom. The summed E-state index contributed by atoms with van der Waals surface area (Å²) in [6, 6.07) is 9.28. The van der Waals surface area contributed by atoms with E-state index < -0.39 is 0 Å². The Morgan fingerprint density at radius 3 is 2.35 bits per heavy atom. The van der Waals surface area contributed by atoms with Gasteiger partial charge in [-0.15, -0.1) is 0 Å². The van der Waals surface area contributed by atoms with Crippen LogP contribution in [0.25, 0.3) is 0 Å². The first kappa shape index (κ1) is 14.1. The van der Waals surface area contributed by atoms with Crippen LogP contribution in [0.15, 0.2) is 36.5 Å². The molecular weight excluding hydrogens is 252 g/mol. The number of aldehydes is 1. The summed E-state index contributed by atoms with van der Waals surface area (Å²) in [7, 11) is 0. The quantitative estimate of drug-likeness (QED) is 0.840. The van der Waals surface area contributed by atoms with Gasteiger partial charge in [-0.3, -0.25) is 9.59 Å². The van der Waals surface area contributed by atoms with Crippen LogP contribution >= 0.6 is 0 Å². The van der Waals surface area contributed by atoms with Crippen molar-refractivity contribution in [1.29, 1.82) is 0 Å². The predicted molar refractivity (Wildman–Crippen MR) is 79.3 cm³/mol. The number of hydrogen-bond acceptors (Lipinski definition) is 2. The number of carbonyl (C=O) groups is 2. The summed E-state index contributed by atoms with van der Waals surface area (Å²) in [6.45, 7) is 6.42. The van der Waals surface area contributed by atoms with Gasteiger partial charge in [0, 0.05) is 17.4 Å². The van der Waals surface area contributed by atoms with Crippen molar-refractivity contribution >= 4 is 17.9 Å². The summed E-state index contributed by atoms with van der Waals surface area (Å²) in [4.78, 5) is 25.3. The first-order chi connectivity index (χ1) is 9.40. The summed E-state index contributed by atoms with van der Waals surface area (Å²) in [6.07, 6.45) is 2.20. The minimum Gasteiger partial charge on any atom is -0.356 e. The number of aromatic nitrogens is 1. The number of aromatic amines is 1. The zero-order valence-electron chi connectivity index (χ0n) is 11.9. The van der Waals surface area contributed by atoms with Crippen molar-refractivity contribution in [3.63, 3.8) is 0 Å². The standard InChI is InChI=1S/C16H18N2O2/c1-16(2,3)12-4-6-13(7-5-12)18-15(20)14-8-11(10-19)9-17-14/h4-10,17H,1-3H3,(H,18,20). The van der Waals surface area contributed by atoms with Gasteiger partial charge < -0.3 is 10.3 Å². The highest BCUT2D eigenvalue weighted by molar-refractivity contribution is 6.03. The molecular formula is C16H18N2O2. The third kappa shape index (κ3) is 3.15. The lowest BCUT2D eigenvalue weighted by atomic mass is 9.87. The van der Waals surface area contributed by atoms with E-state index in [-0.39, 0.29) is 11.3 Å². The molecule has 1 aromatic heterocycles. The molecule has 0 saturated carbocycles. The average molecular weight is 270 g/mol. The summed E-state index contributed by atoms with van der Waals surface area (Å²) in [5, 5.41) is 2.79. The van der Waals surface area contributed by atoms with E-state index in [4.69, 9.17) is 0 Å². The van der Waals surface area contributed by atoms with Gasteiger partial charge in [-0.25, -0.2) is 0 Å². The summed E-state index contributed by atoms with van der Waals surface area (Å²) in [5.41, 5.74) is 2.84. The number of hydrogen-bond donors (Lipinski definition) is 2. The lowest BCUT2D eigenvalue weighted by molar-refractivity contribution is 0.102. The van der Waals surface area contributed by atoms with Crippen molar-refractivity contribution in [2.75, 3.05) is 5.32 Å². The van der Waals surface area contributed by atoms with Crippen LogP contribution in [-0.2, 0) is 5.41 Å². The summed E-state index contributed by atoms with van der Waals surface area (Å²) < 4.78 is 0. The van der Waals surface area contributed by atoms with Crippen LogP contribution in [0.4, 0.5) is 5.69 Å². The number of benzene rings is 1. The SMILES string of the molecule is CC(C)(C)c1ccc(NC(=O)c2cc(C=O)c[nH]2)cc1. The molecule has 0 unspecified atom stereocenters. The van der Waals surface area contributed by atoms with Crippen LogP contribution in [0, 0.1) is 0 Å². The molecule has 1 amide bonds. The van der Waals surface area contributed by atoms with Crippen molar-refractivity contribution in [3.05, 3.63) is 53.3 Å². The van der Waals surface area contributed by atoms with Crippen LogP contribution in [0.5, 0.6) is 0 Å². The maximum Gasteiger partial charge on any atom is 0.272 e. The normalized spacial score (nSPS) is 11.2. The van der Waals surface area contributed by atoms with Crippen molar-refractivity contribution in [3.8, 4) is 0 Å². The molecule has 0 saturated heterocycles. The second-order valence-electron chi connectivity index (χ2n) is 5.75. The second-order valence-corrected chi connectivity index (χ2v) is 5.75. The van der Waals surface area contributed by atoms with Crippen LogP contribution in [0.3, 0.4) is 0 Å². The van der Waals surface area contributed by atoms with E-state index in [1.807, 2.05) is 24.3 Å². The van der Waals surface area contributed by atoms with Crippen LogP contribution in [0.1, 0.15) is 47.2 Å². The highest BCUT2D eigenvalue weighted by Gasteiger charge is 2.13. The topological polar surface area (TPSA) is 62.0 Å². The van der Waals surface area contributed by atoms with E-state index in [9.17, 15) is 9.59 Å². The number of H-pyrrole nitrogens is 1. The smallest absolute Gasteiger partial charge is 0.272 e. The van der Waals surface area contributed by atoms with E-state index >= 15 is 0 Å². The highest BCUT2D eigenvalue weighted by Crippen LogP contribution is 2.23. The number of amides is 1. The third-order valence-electron chi connectivity index (χ3n) is 3.09. The molecule has 0 radical (unpaired) electrons. The zero-order valence-corrected chi connectivity index (χ0v) is 11.9. The molecule has 2 rings (SSSR count). The first-order valence-corrected chi connectivity index (χ1v) is 6.45. The molecule has 4 nitrogen and oxygen atoms in total. The molecule has 0 fully saturated rings. The van der Waals surface area contributed by atoms with E-state index in [1.54, 1.807) is 0 Å². The molecule has 0 aliphatic carbocycles. The van der Waals surface area contributed by atoms with Gasteiger partial charge in [0.05, 0.1) is 0 Å². The van der Waals surface area contributed by atoms with Crippen LogP contribution in [0.2, 0.25) is 0 Å². The summed E-state index contributed by atoms with van der Waals surface area (Å²) >= 11 is 0. The van der Waals surface area contributed by atoms with E-state index in [0.717, 1.165) is 5.69 Å². The Morgan fingerprint density at radius 1 is 1.20 bits per heavy atom. The van der Waals surface area contributed by atoms with Gasteiger partial charge in [0.1, 0.15) is 5.69 Å². The van der Waals surface area contributed by atoms with Gasteiger partial charge in [0.25, 0.3) is 5.91 Å². The number of rotatable bonds is 3. The van der Waals surface area contributed by atoms with Gasteiger partial charge in [0.2, 0.25) is 0 Å². The molecule has 20 heavy (non-hydrogen) atoms. The number of carbonyl (C=O) groups excluding carboxylic acids is 2. The predicted octanol–water partition coefficient (Wildman–Crippen LogP) is 3.38. The molecule has 1 heterocycles. The molecule has 2 N–H and O–H groups in total. The Kier molecular flexibility index (Phi) is 3.74. The lowest BCUT2D eigenvalue weighted by Crippen LogP contribution is -2.13. The molecule has 0 atom stereocenters. The van der Waals surface area contributed by atoms with Crippen molar-refractivity contribution < 1.29 is 9.59 Å². The largest absolute Gasteiger partial charge is 0.356 e. The molecule has 104 valence electrons. The molecule has 0 aliphatic rings. The van der Waals surface area contributed by atoms with E-state index in [2.05, 4.69) is 31.1 Å². The fourth-order valence-electron chi connectivity index (χ4n) is 1.86. The Labute approximate surface area is 118 Å². The number of nitrogens with one attached hydrogen (secondary N) is 2. The molecule has 1 aromatic carbocycles. The van der Waals surface area contributed by atoms with E-state index in [1.165, 1.54) is 17.8 Å². The average Bonchev–Trinajstić information content (AvgIpc) is 2.87. The van der Waals surface area contributed by atoms with Gasteiger partial charge in [0.15, 0.2) is 6.29 Å². The molecule has 0 bridgehead atoms. The van der Waals surface area contributed by atoms with Crippen molar-refractivity contribution in [2.24, 2.45) is 0 Å². The van der Waals surface area contributed by atoms with Crippen LogP contribution < -0.4 is 5.32 Å². The second kappa shape index (κ2) is 5.33. The molecule has 4 heteroatoms. The Balaban J connectivity index is 2.10. The Hall–Kier alpha value is -2.36. The maximum atomic E-state index is 12.0. The van der Waals surface area contributed by atoms with Gasteiger partial charge in [-0.05, 0) is 29.2 Å². The maximum absolute atomic E-state index is 12.0. The summed E-state index contributed by atoms with van der Waals surface area (Å²) in [5.74, 6) is -0.262. The van der Waals surface area contributed by atoms with Gasteiger partial charge in [-0.2, -0.15) is 0 Å². The minimum absolute atomic E-state index is 0.0842. The fourth-order valence-corrected chi connectivity index (χ4v) is 1.86. The zero-order chi connectivity index (χ0) is 14.8.